The quantitative estimate of drug-likeness (QED) is 0.509. The molecular formula is C23H20N2O4. The molecule has 146 valence electrons. The lowest BCUT2D eigenvalue weighted by Crippen LogP contribution is -2.10. The van der Waals surface area contributed by atoms with Crippen molar-refractivity contribution in [1.29, 1.82) is 0 Å². The average molecular weight is 388 g/mol. The highest BCUT2D eigenvalue weighted by Gasteiger charge is 2.16. The van der Waals surface area contributed by atoms with Crippen LogP contribution in [0.2, 0.25) is 0 Å². The Balaban J connectivity index is 1.74. The van der Waals surface area contributed by atoms with Crippen LogP contribution in [0, 0.1) is 0 Å². The van der Waals surface area contributed by atoms with Gasteiger partial charge in [0.1, 0.15) is 19.0 Å². The lowest BCUT2D eigenvalue weighted by Gasteiger charge is -2.13. The monoisotopic (exact) mass is 388 g/mol. The minimum atomic E-state index is -0.927. The number of carboxylic acids is 1. The standard InChI is InChI=1S/C23H20N2O4/c1-28-20-12-11-17(13-21(20)29-15-16-7-3-2-4-8-16)23-24-18-9-5-6-10-19(18)25(23)14-22(26)27/h2-13H,14-15H2,1H3,(H,26,27). The number of carbonyl (C=O) groups is 1. The summed E-state index contributed by atoms with van der Waals surface area (Å²) in [5.74, 6) is 0.817. The largest absolute Gasteiger partial charge is 0.493 e. The maximum absolute atomic E-state index is 11.4. The van der Waals surface area contributed by atoms with E-state index in [1.165, 1.54) is 0 Å². The summed E-state index contributed by atoms with van der Waals surface area (Å²) >= 11 is 0. The molecule has 6 nitrogen and oxygen atoms in total. The third kappa shape index (κ3) is 3.91. The van der Waals surface area contributed by atoms with Crippen LogP contribution in [0.25, 0.3) is 22.4 Å². The van der Waals surface area contributed by atoms with E-state index in [1.807, 2.05) is 66.7 Å². The van der Waals surface area contributed by atoms with Gasteiger partial charge in [-0.25, -0.2) is 4.98 Å². The van der Waals surface area contributed by atoms with E-state index in [0.29, 0.717) is 23.9 Å². The van der Waals surface area contributed by atoms with Gasteiger partial charge in [0.25, 0.3) is 0 Å². The van der Waals surface area contributed by atoms with Crippen molar-refractivity contribution in [1.82, 2.24) is 9.55 Å². The summed E-state index contributed by atoms with van der Waals surface area (Å²) in [6.45, 7) is 0.217. The predicted molar refractivity (Wildman–Crippen MR) is 110 cm³/mol. The Hall–Kier alpha value is -3.80. The van der Waals surface area contributed by atoms with E-state index in [4.69, 9.17) is 9.47 Å². The van der Waals surface area contributed by atoms with Gasteiger partial charge in [-0.15, -0.1) is 0 Å². The number of aromatic nitrogens is 2. The highest BCUT2D eigenvalue weighted by Crippen LogP contribution is 2.34. The number of hydrogen-bond acceptors (Lipinski definition) is 4. The number of imidazole rings is 1. The molecule has 0 fully saturated rings. The zero-order valence-corrected chi connectivity index (χ0v) is 15.9. The molecule has 0 saturated heterocycles. The van der Waals surface area contributed by atoms with Crippen LogP contribution >= 0.6 is 0 Å². The molecule has 0 atom stereocenters. The van der Waals surface area contributed by atoms with Gasteiger partial charge in [-0.1, -0.05) is 42.5 Å². The van der Waals surface area contributed by atoms with Crippen molar-refractivity contribution >= 4 is 17.0 Å². The SMILES string of the molecule is COc1ccc(-c2nc3ccccc3n2CC(=O)O)cc1OCc1ccccc1. The Labute approximate surface area is 168 Å². The number of aliphatic carboxylic acids is 1. The van der Waals surface area contributed by atoms with Crippen molar-refractivity contribution in [2.45, 2.75) is 13.2 Å². The van der Waals surface area contributed by atoms with Crippen molar-refractivity contribution in [2.75, 3.05) is 7.11 Å². The summed E-state index contributed by atoms with van der Waals surface area (Å²) in [7, 11) is 1.59. The van der Waals surface area contributed by atoms with Gasteiger partial charge in [-0.2, -0.15) is 0 Å². The number of ether oxygens (including phenoxy) is 2. The molecule has 1 N–H and O–H groups in total. The van der Waals surface area contributed by atoms with E-state index in [1.54, 1.807) is 17.7 Å². The molecule has 0 radical (unpaired) electrons. The fourth-order valence-electron chi connectivity index (χ4n) is 3.26. The Morgan fingerprint density at radius 3 is 2.52 bits per heavy atom. The second-order valence-electron chi connectivity index (χ2n) is 6.54. The normalized spacial score (nSPS) is 10.8. The molecule has 6 heteroatoms. The molecule has 0 bridgehead atoms. The van der Waals surface area contributed by atoms with E-state index in [0.717, 1.165) is 22.2 Å². The zero-order valence-electron chi connectivity index (χ0n) is 15.9. The first kappa shape index (κ1) is 18.6. The minimum Gasteiger partial charge on any atom is -0.493 e. The zero-order chi connectivity index (χ0) is 20.2. The molecule has 0 aliphatic rings. The Morgan fingerprint density at radius 1 is 1.00 bits per heavy atom. The van der Waals surface area contributed by atoms with E-state index in [-0.39, 0.29) is 6.54 Å². The highest BCUT2D eigenvalue weighted by molar-refractivity contribution is 5.83. The number of rotatable bonds is 7. The van der Waals surface area contributed by atoms with Crippen LogP contribution in [-0.4, -0.2) is 27.7 Å². The van der Waals surface area contributed by atoms with Gasteiger partial charge in [0, 0.05) is 5.56 Å². The number of fused-ring (bicyclic) bond motifs is 1. The summed E-state index contributed by atoms with van der Waals surface area (Å²) in [5, 5.41) is 9.37. The van der Waals surface area contributed by atoms with Crippen molar-refractivity contribution in [3.05, 3.63) is 78.4 Å². The van der Waals surface area contributed by atoms with E-state index in [9.17, 15) is 9.90 Å². The molecule has 0 aliphatic heterocycles. The fraction of sp³-hybridized carbons (Fsp3) is 0.130. The molecule has 0 aliphatic carbocycles. The van der Waals surface area contributed by atoms with Crippen LogP contribution in [0.4, 0.5) is 0 Å². The maximum Gasteiger partial charge on any atom is 0.323 e. The number of carboxylic acid groups (broad SMARTS) is 1. The minimum absolute atomic E-state index is 0.178. The van der Waals surface area contributed by atoms with Gasteiger partial charge < -0.3 is 19.1 Å². The van der Waals surface area contributed by atoms with E-state index >= 15 is 0 Å². The maximum atomic E-state index is 11.4. The lowest BCUT2D eigenvalue weighted by atomic mass is 10.2. The molecule has 0 saturated carbocycles. The predicted octanol–water partition coefficient (Wildman–Crippen LogP) is 4.38. The second-order valence-corrected chi connectivity index (χ2v) is 6.54. The van der Waals surface area contributed by atoms with Gasteiger partial charge in [0.05, 0.1) is 18.1 Å². The van der Waals surface area contributed by atoms with Gasteiger partial charge >= 0.3 is 5.97 Å². The van der Waals surface area contributed by atoms with Crippen molar-refractivity contribution in [3.63, 3.8) is 0 Å². The number of benzene rings is 3. The Kier molecular flexibility index (Phi) is 5.16. The molecule has 1 heterocycles. The molecule has 0 unspecified atom stereocenters. The summed E-state index contributed by atoms with van der Waals surface area (Å²) in [5.41, 5.74) is 3.31. The average Bonchev–Trinajstić information content (AvgIpc) is 3.10. The van der Waals surface area contributed by atoms with Crippen molar-refractivity contribution in [3.8, 4) is 22.9 Å². The highest BCUT2D eigenvalue weighted by atomic mass is 16.5. The summed E-state index contributed by atoms with van der Waals surface area (Å²) in [4.78, 5) is 16.1. The van der Waals surface area contributed by atoms with E-state index in [2.05, 4.69) is 4.98 Å². The molecule has 1 aromatic heterocycles. The molecular weight excluding hydrogens is 368 g/mol. The fourth-order valence-corrected chi connectivity index (χ4v) is 3.26. The van der Waals surface area contributed by atoms with Crippen molar-refractivity contribution < 1.29 is 19.4 Å². The topological polar surface area (TPSA) is 73.6 Å². The summed E-state index contributed by atoms with van der Waals surface area (Å²) in [6, 6.07) is 22.8. The van der Waals surface area contributed by atoms with Gasteiger partial charge in [-0.05, 0) is 35.9 Å². The first-order valence-electron chi connectivity index (χ1n) is 9.18. The third-order valence-corrected chi connectivity index (χ3v) is 4.61. The van der Waals surface area contributed by atoms with Gasteiger partial charge in [0.15, 0.2) is 11.5 Å². The number of para-hydroxylation sites is 2. The molecule has 29 heavy (non-hydrogen) atoms. The summed E-state index contributed by atoms with van der Waals surface area (Å²) in [6.07, 6.45) is 0. The number of methoxy groups -OCH3 is 1. The Bertz CT molecular complexity index is 1150. The van der Waals surface area contributed by atoms with Gasteiger partial charge in [0.2, 0.25) is 0 Å². The van der Waals surface area contributed by atoms with Crippen LogP contribution < -0.4 is 9.47 Å². The molecule has 0 amide bonds. The first-order chi connectivity index (χ1) is 14.2. The van der Waals surface area contributed by atoms with Crippen LogP contribution in [0.1, 0.15) is 5.56 Å². The van der Waals surface area contributed by atoms with Crippen LogP contribution in [0.3, 0.4) is 0 Å². The number of nitrogens with zero attached hydrogens (tertiary/aromatic N) is 2. The van der Waals surface area contributed by atoms with Crippen LogP contribution in [0.5, 0.6) is 11.5 Å². The molecule has 3 aromatic carbocycles. The van der Waals surface area contributed by atoms with Gasteiger partial charge in [-0.3, -0.25) is 4.79 Å². The molecule has 0 spiro atoms. The third-order valence-electron chi connectivity index (χ3n) is 4.61. The lowest BCUT2D eigenvalue weighted by molar-refractivity contribution is -0.137. The van der Waals surface area contributed by atoms with Crippen LogP contribution in [-0.2, 0) is 17.9 Å². The first-order valence-corrected chi connectivity index (χ1v) is 9.18. The Morgan fingerprint density at radius 2 is 1.76 bits per heavy atom. The smallest absolute Gasteiger partial charge is 0.323 e. The second kappa shape index (κ2) is 8.06. The summed E-state index contributed by atoms with van der Waals surface area (Å²) < 4.78 is 13.1. The van der Waals surface area contributed by atoms with Crippen molar-refractivity contribution in [2.24, 2.45) is 0 Å². The number of hydrogen-bond donors (Lipinski definition) is 1. The van der Waals surface area contributed by atoms with E-state index < -0.39 is 5.97 Å². The van der Waals surface area contributed by atoms with Crippen LogP contribution in [0.15, 0.2) is 72.8 Å². The molecule has 4 aromatic rings. The molecule has 4 rings (SSSR count).